The lowest BCUT2D eigenvalue weighted by molar-refractivity contribution is -0.385. The minimum Gasteiger partial charge on any atom is -0.277 e. The minimum absolute atomic E-state index is 0.205. The molecule has 116 valence electrons. The first-order valence-electron chi connectivity index (χ1n) is 6.25. The summed E-state index contributed by atoms with van der Waals surface area (Å²) in [4.78, 5) is 9.92. The van der Waals surface area contributed by atoms with Gasteiger partial charge in [0, 0.05) is 11.6 Å². The molecule has 1 N–H and O–H groups in total. The number of hydrogen-bond acceptors (Lipinski definition) is 4. The molecule has 0 spiro atoms. The van der Waals surface area contributed by atoms with Crippen LogP contribution in [0.2, 0.25) is 0 Å². The van der Waals surface area contributed by atoms with Gasteiger partial charge in [-0.3, -0.25) is 14.8 Å². The van der Waals surface area contributed by atoms with E-state index in [9.17, 15) is 22.9 Å². The molecule has 0 radical (unpaired) electrons. The molecule has 0 aliphatic carbocycles. The first-order chi connectivity index (χ1) is 10.2. The number of aryl methyl sites for hydroxylation is 2. The van der Waals surface area contributed by atoms with Gasteiger partial charge in [0.15, 0.2) is 0 Å². The quantitative estimate of drug-likeness (QED) is 0.691. The van der Waals surface area contributed by atoms with E-state index < -0.39 is 20.8 Å². The van der Waals surface area contributed by atoms with Crippen LogP contribution in [0.1, 0.15) is 11.1 Å². The molecule has 2 aromatic rings. The number of benzene rings is 2. The van der Waals surface area contributed by atoms with E-state index in [1.54, 1.807) is 6.92 Å². The van der Waals surface area contributed by atoms with Crippen molar-refractivity contribution in [1.29, 1.82) is 0 Å². The molecule has 0 saturated carbocycles. The number of anilines is 1. The minimum atomic E-state index is -4.12. The van der Waals surface area contributed by atoms with E-state index in [0.29, 0.717) is 11.1 Å². The summed E-state index contributed by atoms with van der Waals surface area (Å²) in [5, 5.41) is 10.9. The Hall–Kier alpha value is -2.48. The van der Waals surface area contributed by atoms with Gasteiger partial charge in [-0.2, -0.15) is 0 Å². The zero-order chi connectivity index (χ0) is 16.5. The maximum Gasteiger partial charge on any atom is 0.273 e. The van der Waals surface area contributed by atoms with Crippen molar-refractivity contribution in [3.05, 3.63) is 63.5 Å². The van der Waals surface area contributed by atoms with Gasteiger partial charge in [0.2, 0.25) is 0 Å². The van der Waals surface area contributed by atoms with E-state index in [1.807, 2.05) is 0 Å². The number of rotatable bonds is 4. The lowest BCUT2D eigenvalue weighted by Crippen LogP contribution is -2.14. The molecule has 0 aliphatic heterocycles. The molecule has 0 aromatic heterocycles. The Bertz CT molecular complexity index is 850. The second kappa shape index (κ2) is 5.72. The Labute approximate surface area is 126 Å². The number of nitro benzene ring substituents is 1. The molecule has 0 atom stereocenters. The zero-order valence-electron chi connectivity index (χ0n) is 11.8. The summed E-state index contributed by atoms with van der Waals surface area (Å²) in [6.07, 6.45) is 0. The first-order valence-corrected chi connectivity index (χ1v) is 7.73. The first kappa shape index (κ1) is 15.9. The van der Waals surface area contributed by atoms with Crippen LogP contribution in [-0.4, -0.2) is 13.3 Å². The van der Waals surface area contributed by atoms with Crippen molar-refractivity contribution in [2.75, 3.05) is 4.72 Å². The number of hydrogen-bond donors (Lipinski definition) is 1. The van der Waals surface area contributed by atoms with Gasteiger partial charge >= 0.3 is 0 Å². The topological polar surface area (TPSA) is 89.3 Å². The standard InChI is InChI=1S/C14H13FN2O4S/c1-9-3-6-12(15)13(7-9)16-22(20,21)11-5-4-10(2)14(8-11)17(18)19/h3-8,16H,1-2H3. The van der Waals surface area contributed by atoms with Crippen LogP contribution in [0.25, 0.3) is 0 Å². The highest BCUT2D eigenvalue weighted by atomic mass is 32.2. The Morgan fingerprint density at radius 2 is 1.82 bits per heavy atom. The van der Waals surface area contributed by atoms with E-state index in [-0.39, 0.29) is 16.3 Å². The summed E-state index contributed by atoms with van der Waals surface area (Å²) in [7, 11) is -4.12. The maximum atomic E-state index is 13.7. The Kier molecular flexibility index (Phi) is 4.14. The van der Waals surface area contributed by atoms with Crippen LogP contribution in [0, 0.1) is 29.8 Å². The van der Waals surface area contributed by atoms with E-state index in [2.05, 4.69) is 4.72 Å². The molecule has 0 saturated heterocycles. The molecular formula is C14H13FN2O4S. The van der Waals surface area contributed by atoms with E-state index >= 15 is 0 Å². The van der Waals surface area contributed by atoms with Gasteiger partial charge in [0.05, 0.1) is 15.5 Å². The average Bonchev–Trinajstić information content (AvgIpc) is 2.42. The van der Waals surface area contributed by atoms with E-state index in [0.717, 1.165) is 12.1 Å². The summed E-state index contributed by atoms with van der Waals surface area (Å²) in [6.45, 7) is 3.19. The predicted octanol–water partition coefficient (Wildman–Crippen LogP) is 3.15. The van der Waals surface area contributed by atoms with Crippen molar-refractivity contribution in [3.8, 4) is 0 Å². The van der Waals surface area contributed by atoms with Crippen LogP contribution < -0.4 is 4.72 Å². The molecule has 0 amide bonds. The number of halogens is 1. The fourth-order valence-electron chi connectivity index (χ4n) is 1.87. The third-order valence-corrected chi connectivity index (χ3v) is 4.42. The number of nitro groups is 1. The lowest BCUT2D eigenvalue weighted by atomic mass is 10.2. The average molecular weight is 324 g/mol. The monoisotopic (exact) mass is 324 g/mol. The summed E-state index contributed by atoms with van der Waals surface area (Å²) in [6, 6.07) is 7.51. The van der Waals surface area contributed by atoms with Gasteiger partial charge < -0.3 is 0 Å². The molecule has 0 bridgehead atoms. The molecule has 0 fully saturated rings. The van der Waals surface area contributed by atoms with Crippen LogP contribution in [0.5, 0.6) is 0 Å². The summed E-state index contributed by atoms with van der Waals surface area (Å²) in [5.41, 5.74) is 0.496. The largest absolute Gasteiger partial charge is 0.277 e. The smallest absolute Gasteiger partial charge is 0.273 e. The molecule has 0 aliphatic rings. The van der Waals surface area contributed by atoms with Gasteiger partial charge in [-0.1, -0.05) is 12.1 Å². The number of sulfonamides is 1. The van der Waals surface area contributed by atoms with Gasteiger partial charge in [0.1, 0.15) is 5.82 Å². The number of nitrogens with one attached hydrogen (secondary N) is 1. The zero-order valence-corrected chi connectivity index (χ0v) is 12.6. The van der Waals surface area contributed by atoms with Crippen molar-refractivity contribution in [3.63, 3.8) is 0 Å². The molecule has 8 heteroatoms. The highest BCUT2D eigenvalue weighted by Crippen LogP contribution is 2.25. The van der Waals surface area contributed by atoms with Gasteiger partial charge in [-0.15, -0.1) is 0 Å². The normalized spacial score (nSPS) is 11.2. The second-order valence-corrected chi connectivity index (χ2v) is 6.48. The van der Waals surface area contributed by atoms with Crippen LogP contribution in [0.4, 0.5) is 15.8 Å². The van der Waals surface area contributed by atoms with E-state index in [4.69, 9.17) is 0 Å². The molecule has 6 nitrogen and oxygen atoms in total. The molecule has 22 heavy (non-hydrogen) atoms. The highest BCUT2D eigenvalue weighted by molar-refractivity contribution is 7.92. The van der Waals surface area contributed by atoms with Gasteiger partial charge in [-0.25, -0.2) is 12.8 Å². The van der Waals surface area contributed by atoms with Crippen molar-refractivity contribution in [1.82, 2.24) is 0 Å². The van der Waals surface area contributed by atoms with Gasteiger partial charge in [0.25, 0.3) is 15.7 Å². The van der Waals surface area contributed by atoms with E-state index in [1.165, 1.54) is 31.2 Å². The Balaban J connectivity index is 2.45. The fraction of sp³-hybridized carbons (Fsp3) is 0.143. The van der Waals surface area contributed by atoms with Crippen molar-refractivity contribution in [2.24, 2.45) is 0 Å². The van der Waals surface area contributed by atoms with Crippen LogP contribution in [0.15, 0.2) is 41.3 Å². The molecular weight excluding hydrogens is 311 g/mol. The molecule has 0 unspecified atom stereocenters. The summed E-state index contributed by atoms with van der Waals surface area (Å²) < 4.78 is 40.3. The molecule has 0 heterocycles. The van der Waals surface area contributed by atoms with Crippen LogP contribution >= 0.6 is 0 Å². The third-order valence-electron chi connectivity index (χ3n) is 3.05. The summed E-state index contributed by atoms with van der Waals surface area (Å²) >= 11 is 0. The Morgan fingerprint density at radius 1 is 1.14 bits per heavy atom. The van der Waals surface area contributed by atoms with Crippen molar-refractivity contribution < 1.29 is 17.7 Å². The number of nitrogens with zero attached hydrogens (tertiary/aromatic N) is 1. The van der Waals surface area contributed by atoms with Crippen LogP contribution in [-0.2, 0) is 10.0 Å². The highest BCUT2D eigenvalue weighted by Gasteiger charge is 2.21. The second-order valence-electron chi connectivity index (χ2n) is 4.79. The van der Waals surface area contributed by atoms with Crippen molar-refractivity contribution >= 4 is 21.4 Å². The maximum absolute atomic E-state index is 13.7. The molecule has 2 aromatic carbocycles. The van der Waals surface area contributed by atoms with Crippen molar-refractivity contribution in [2.45, 2.75) is 18.7 Å². The Morgan fingerprint density at radius 3 is 2.45 bits per heavy atom. The predicted molar refractivity (Wildman–Crippen MR) is 79.8 cm³/mol. The third kappa shape index (κ3) is 3.22. The summed E-state index contributed by atoms with van der Waals surface area (Å²) in [5.74, 6) is -0.726. The SMILES string of the molecule is Cc1ccc(F)c(NS(=O)(=O)c2ccc(C)c([N+](=O)[O-])c2)c1. The fourth-order valence-corrected chi connectivity index (χ4v) is 2.95. The lowest BCUT2D eigenvalue weighted by Gasteiger charge is -2.10. The molecule has 2 rings (SSSR count). The van der Waals surface area contributed by atoms with Gasteiger partial charge in [-0.05, 0) is 37.6 Å². The van der Waals surface area contributed by atoms with Crippen LogP contribution in [0.3, 0.4) is 0 Å².